The number of rotatable bonds is 0. The molecule has 0 atom stereocenters. The van der Waals surface area contributed by atoms with Crippen LogP contribution in [0.5, 0.6) is 0 Å². The lowest BCUT2D eigenvalue weighted by Crippen LogP contribution is -2.52. The predicted molar refractivity (Wildman–Crippen MR) is 64.4 cm³/mol. The normalized spacial score (nSPS) is 22.4. The van der Waals surface area contributed by atoms with E-state index >= 15 is 0 Å². The highest BCUT2D eigenvalue weighted by atomic mass is 16.2. The van der Waals surface area contributed by atoms with Crippen molar-refractivity contribution in [2.24, 2.45) is 5.73 Å². The van der Waals surface area contributed by atoms with Gasteiger partial charge in [-0.3, -0.25) is 9.59 Å². The fourth-order valence-electron chi connectivity index (χ4n) is 1.48. The van der Waals surface area contributed by atoms with Crippen molar-refractivity contribution in [3.63, 3.8) is 0 Å². The molecule has 2 amide bonds. The predicted octanol–water partition coefficient (Wildman–Crippen LogP) is -2.87. The zero-order valence-corrected chi connectivity index (χ0v) is 9.92. The molecule has 0 spiro atoms. The molecule has 1 rings (SSSR count). The first-order valence-corrected chi connectivity index (χ1v) is 5.94. The van der Waals surface area contributed by atoms with Gasteiger partial charge in [0.2, 0.25) is 11.8 Å². The van der Waals surface area contributed by atoms with Crippen LogP contribution in [-0.4, -0.2) is 57.1 Å². The Balaban J connectivity index is 2.39. The molecule has 0 saturated carbocycles. The molecular weight excluding hydrogens is 222 g/mol. The van der Waals surface area contributed by atoms with E-state index in [0.29, 0.717) is 26.2 Å². The summed E-state index contributed by atoms with van der Waals surface area (Å²) in [6.45, 7) is 4.13. The van der Waals surface area contributed by atoms with E-state index in [1.54, 1.807) is 0 Å². The molecule has 1 fully saturated rings. The molecule has 0 aromatic rings. The summed E-state index contributed by atoms with van der Waals surface area (Å²) >= 11 is 0. The van der Waals surface area contributed by atoms with Crippen molar-refractivity contribution < 1.29 is 9.59 Å². The van der Waals surface area contributed by atoms with Gasteiger partial charge >= 0.3 is 0 Å². The summed E-state index contributed by atoms with van der Waals surface area (Å²) in [6.07, 6.45) is 1.02. The monoisotopic (exact) mass is 243 g/mol. The van der Waals surface area contributed by atoms with Crippen LogP contribution in [0, 0.1) is 0 Å². The van der Waals surface area contributed by atoms with Gasteiger partial charge in [0.05, 0.1) is 0 Å². The van der Waals surface area contributed by atoms with Crippen LogP contribution in [0.3, 0.4) is 0 Å². The van der Waals surface area contributed by atoms with Crippen LogP contribution < -0.4 is 27.0 Å². The van der Waals surface area contributed by atoms with E-state index in [1.807, 2.05) is 0 Å². The second-order valence-corrected chi connectivity index (χ2v) is 3.91. The zero-order chi connectivity index (χ0) is 12.5. The fourth-order valence-corrected chi connectivity index (χ4v) is 1.48. The van der Waals surface area contributed by atoms with Gasteiger partial charge < -0.3 is 27.0 Å². The van der Waals surface area contributed by atoms with Crippen molar-refractivity contribution >= 4 is 11.8 Å². The van der Waals surface area contributed by atoms with Crippen molar-refractivity contribution in [3.05, 3.63) is 0 Å². The van der Waals surface area contributed by atoms with Crippen LogP contribution in [0.4, 0.5) is 0 Å². The van der Waals surface area contributed by atoms with Gasteiger partial charge in [-0.25, -0.2) is 0 Å². The minimum absolute atomic E-state index is 0.436. The second-order valence-electron chi connectivity index (χ2n) is 3.91. The van der Waals surface area contributed by atoms with Gasteiger partial charge in [-0.1, -0.05) is 0 Å². The third-order valence-electron chi connectivity index (χ3n) is 2.47. The van der Waals surface area contributed by atoms with Crippen LogP contribution in [-0.2, 0) is 9.59 Å². The maximum atomic E-state index is 11.5. The number of amides is 2. The lowest BCUT2D eigenvalue weighted by Gasteiger charge is -2.14. The highest BCUT2D eigenvalue weighted by Crippen LogP contribution is 1.81. The van der Waals surface area contributed by atoms with Crippen molar-refractivity contribution in [1.29, 1.82) is 0 Å². The Hall–Kier alpha value is -1.18. The topological polar surface area (TPSA) is 108 Å². The number of carbonyl (C=O) groups excluding carboxylic acids is 2. The summed E-state index contributed by atoms with van der Waals surface area (Å²) in [5, 5.41) is 11.6. The molecule has 98 valence electrons. The first-order chi connectivity index (χ1) is 8.22. The summed E-state index contributed by atoms with van der Waals surface area (Å²) in [5.74, 6) is -0.872. The van der Waals surface area contributed by atoms with Crippen molar-refractivity contribution in [1.82, 2.24) is 21.3 Å². The highest BCUT2D eigenvalue weighted by molar-refractivity contribution is 6.04. The molecule has 0 aromatic heterocycles. The van der Waals surface area contributed by atoms with E-state index < -0.39 is 17.9 Å². The Labute approximate surface area is 101 Å². The Morgan fingerprint density at radius 1 is 0.824 bits per heavy atom. The summed E-state index contributed by atoms with van der Waals surface area (Å²) in [7, 11) is 0. The summed E-state index contributed by atoms with van der Waals surface area (Å²) in [5.41, 5.74) is 5.51. The van der Waals surface area contributed by atoms with E-state index in [2.05, 4.69) is 21.3 Å². The van der Waals surface area contributed by atoms with Gasteiger partial charge in [0.25, 0.3) is 0 Å². The number of carbonyl (C=O) groups is 2. The molecule has 1 heterocycles. The quantitative estimate of drug-likeness (QED) is 0.294. The summed E-state index contributed by atoms with van der Waals surface area (Å²) in [6, 6.07) is -1.13. The average molecular weight is 243 g/mol. The Kier molecular flexibility index (Phi) is 6.53. The van der Waals surface area contributed by atoms with Gasteiger partial charge in [0, 0.05) is 26.2 Å². The number of hydrogen-bond acceptors (Lipinski definition) is 5. The maximum Gasteiger partial charge on any atom is 0.246 e. The van der Waals surface area contributed by atoms with Gasteiger partial charge in [-0.05, 0) is 19.5 Å². The molecule has 1 saturated heterocycles. The molecule has 0 bridgehead atoms. The molecule has 7 heteroatoms. The minimum atomic E-state index is -1.13. The van der Waals surface area contributed by atoms with E-state index in [-0.39, 0.29) is 0 Å². The number of nitrogens with two attached hydrogens (primary N) is 1. The van der Waals surface area contributed by atoms with Gasteiger partial charge in [0.15, 0.2) is 6.04 Å². The van der Waals surface area contributed by atoms with Crippen LogP contribution in [0.2, 0.25) is 0 Å². The van der Waals surface area contributed by atoms with E-state index in [1.165, 1.54) is 0 Å². The van der Waals surface area contributed by atoms with Crippen LogP contribution in [0.25, 0.3) is 0 Å². The molecule has 0 unspecified atom stereocenters. The van der Waals surface area contributed by atoms with Gasteiger partial charge in [-0.15, -0.1) is 0 Å². The molecule has 7 nitrogen and oxygen atoms in total. The number of hydrogen-bond donors (Lipinski definition) is 5. The summed E-state index contributed by atoms with van der Waals surface area (Å²) < 4.78 is 0. The lowest BCUT2D eigenvalue weighted by atomic mass is 10.2. The van der Waals surface area contributed by atoms with Crippen LogP contribution in [0.1, 0.15) is 6.42 Å². The Morgan fingerprint density at radius 2 is 1.29 bits per heavy atom. The lowest BCUT2D eigenvalue weighted by molar-refractivity contribution is -0.131. The first-order valence-electron chi connectivity index (χ1n) is 5.94. The maximum absolute atomic E-state index is 11.5. The first kappa shape index (κ1) is 13.9. The Morgan fingerprint density at radius 3 is 1.76 bits per heavy atom. The largest absolute Gasteiger partial charge is 0.353 e. The van der Waals surface area contributed by atoms with Gasteiger partial charge in [-0.2, -0.15) is 0 Å². The molecule has 0 aliphatic carbocycles. The van der Waals surface area contributed by atoms with Crippen LogP contribution in [0.15, 0.2) is 0 Å². The zero-order valence-electron chi connectivity index (χ0n) is 9.92. The molecule has 0 aromatic carbocycles. The smallest absolute Gasteiger partial charge is 0.246 e. The van der Waals surface area contributed by atoms with Gasteiger partial charge in [0.1, 0.15) is 0 Å². The SMILES string of the molecule is NC1C(=O)NCCNCCCNCCNC1=O. The molecule has 1 aliphatic rings. The molecule has 17 heavy (non-hydrogen) atoms. The third-order valence-corrected chi connectivity index (χ3v) is 2.47. The summed E-state index contributed by atoms with van der Waals surface area (Å²) in [4.78, 5) is 22.9. The van der Waals surface area contributed by atoms with E-state index in [4.69, 9.17) is 5.73 Å². The standard InChI is InChI=1S/C10H21N5O2/c11-8-9(16)14-6-4-12-2-1-3-13-5-7-15-10(8)17/h8,12-13H,1-7,11H2,(H,14,16)(H,15,17). The highest BCUT2D eigenvalue weighted by Gasteiger charge is 2.20. The van der Waals surface area contributed by atoms with Crippen molar-refractivity contribution in [2.75, 3.05) is 39.3 Å². The van der Waals surface area contributed by atoms with Crippen LogP contribution >= 0.6 is 0 Å². The molecule has 6 N–H and O–H groups in total. The Bertz CT molecular complexity index is 235. The average Bonchev–Trinajstić information content (AvgIpc) is 2.33. The van der Waals surface area contributed by atoms with E-state index in [0.717, 1.165) is 19.5 Å². The molecular formula is C10H21N5O2. The third kappa shape index (κ3) is 5.62. The molecule has 1 aliphatic heterocycles. The second kappa shape index (κ2) is 7.99. The fraction of sp³-hybridized carbons (Fsp3) is 0.800. The van der Waals surface area contributed by atoms with Crippen molar-refractivity contribution in [3.8, 4) is 0 Å². The van der Waals surface area contributed by atoms with Crippen molar-refractivity contribution in [2.45, 2.75) is 12.5 Å². The molecule has 0 radical (unpaired) electrons. The minimum Gasteiger partial charge on any atom is -0.353 e. The van der Waals surface area contributed by atoms with E-state index in [9.17, 15) is 9.59 Å². The number of nitrogens with one attached hydrogen (secondary N) is 4.